The molecule has 2 aromatic carbocycles. The van der Waals surface area contributed by atoms with E-state index in [1.165, 1.54) is 5.69 Å². The summed E-state index contributed by atoms with van der Waals surface area (Å²) < 4.78 is 18.4. The van der Waals surface area contributed by atoms with Gasteiger partial charge >= 0.3 is 0 Å². The monoisotopic (exact) mass is 504 g/mol. The molecule has 1 aliphatic heterocycles. The van der Waals surface area contributed by atoms with Crippen molar-refractivity contribution < 1.29 is 31.2 Å². The Bertz CT molecular complexity index is 1010. The first-order valence-corrected chi connectivity index (χ1v) is 11.0. The molecule has 1 fully saturated rings. The predicted molar refractivity (Wildman–Crippen MR) is 120 cm³/mol. The Hall–Kier alpha value is -2.13. The van der Waals surface area contributed by atoms with E-state index in [9.17, 15) is 0 Å². The Kier molecular flexibility index (Phi) is 8.71. The number of ether oxygens (including phenoxy) is 3. The largest absolute Gasteiger partial charge is 1.00 e. The highest BCUT2D eigenvalue weighted by Gasteiger charge is 2.13. The summed E-state index contributed by atoms with van der Waals surface area (Å²) >= 11 is 1.66. The molecule has 1 saturated heterocycles. The SMILES string of the molecule is COc1ccc(N=c2scc(-c3ccc(OC)cc3)n2CCN2CCOCC2)cc1.[Br-]. The summed E-state index contributed by atoms with van der Waals surface area (Å²) in [6, 6.07) is 16.0. The van der Waals surface area contributed by atoms with Crippen LogP contribution in [0.5, 0.6) is 11.5 Å². The number of hydrogen-bond acceptors (Lipinski definition) is 6. The summed E-state index contributed by atoms with van der Waals surface area (Å²) in [5.41, 5.74) is 3.24. The van der Waals surface area contributed by atoms with Crippen LogP contribution in [-0.2, 0) is 11.3 Å². The Morgan fingerprint density at radius 1 is 0.903 bits per heavy atom. The van der Waals surface area contributed by atoms with Crippen molar-refractivity contribution in [1.82, 2.24) is 9.47 Å². The normalized spacial score (nSPS) is 14.8. The number of benzene rings is 2. The van der Waals surface area contributed by atoms with E-state index in [-0.39, 0.29) is 17.0 Å². The summed E-state index contributed by atoms with van der Waals surface area (Å²) in [5.74, 6) is 1.69. The Morgan fingerprint density at radius 2 is 1.52 bits per heavy atom. The Balaban J connectivity index is 0.00000272. The molecule has 1 aromatic heterocycles. The number of nitrogens with zero attached hydrogens (tertiary/aromatic N) is 3. The molecular formula is C23H27BrN3O3S-. The van der Waals surface area contributed by atoms with Gasteiger partial charge in [0.05, 0.1) is 38.8 Å². The number of thiazole rings is 1. The molecule has 0 N–H and O–H groups in total. The zero-order valence-electron chi connectivity index (χ0n) is 17.8. The van der Waals surface area contributed by atoms with Crippen LogP contribution < -0.4 is 31.3 Å². The number of methoxy groups -OCH3 is 2. The summed E-state index contributed by atoms with van der Waals surface area (Å²) in [5, 5.41) is 2.18. The molecule has 2 heterocycles. The van der Waals surface area contributed by atoms with Crippen LogP contribution in [0.25, 0.3) is 11.3 Å². The lowest BCUT2D eigenvalue weighted by Gasteiger charge is -2.26. The van der Waals surface area contributed by atoms with Gasteiger partial charge in [0.1, 0.15) is 11.5 Å². The van der Waals surface area contributed by atoms with Crippen molar-refractivity contribution in [3.63, 3.8) is 0 Å². The van der Waals surface area contributed by atoms with Gasteiger partial charge in [0.25, 0.3) is 0 Å². The molecule has 0 unspecified atom stereocenters. The molecule has 1 aliphatic rings. The van der Waals surface area contributed by atoms with Crippen molar-refractivity contribution in [3.05, 3.63) is 58.7 Å². The molecule has 8 heteroatoms. The van der Waals surface area contributed by atoms with Crippen molar-refractivity contribution >= 4 is 17.0 Å². The van der Waals surface area contributed by atoms with E-state index < -0.39 is 0 Å². The van der Waals surface area contributed by atoms with Crippen LogP contribution in [0.3, 0.4) is 0 Å². The third-order valence-electron chi connectivity index (χ3n) is 5.22. The van der Waals surface area contributed by atoms with Crippen LogP contribution in [0.15, 0.2) is 58.9 Å². The fourth-order valence-corrected chi connectivity index (χ4v) is 4.42. The molecule has 166 valence electrons. The molecular weight excluding hydrogens is 478 g/mol. The molecule has 0 radical (unpaired) electrons. The average Bonchev–Trinajstić information content (AvgIpc) is 3.21. The molecule has 0 bridgehead atoms. The highest BCUT2D eigenvalue weighted by atomic mass is 79.9. The molecule has 0 aliphatic carbocycles. The molecule has 3 aromatic rings. The van der Waals surface area contributed by atoms with E-state index in [0.29, 0.717) is 0 Å². The molecule has 31 heavy (non-hydrogen) atoms. The van der Waals surface area contributed by atoms with Gasteiger partial charge in [0.15, 0.2) is 4.80 Å². The van der Waals surface area contributed by atoms with Crippen LogP contribution in [-0.4, -0.2) is 56.5 Å². The lowest BCUT2D eigenvalue weighted by atomic mass is 10.1. The van der Waals surface area contributed by atoms with Crippen molar-refractivity contribution in [3.8, 4) is 22.8 Å². The minimum atomic E-state index is 0. The van der Waals surface area contributed by atoms with Gasteiger partial charge in [-0.2, -0.15) is 0 Å². The van der Waals surface area contributed by atoms with Crippen molar-refractivity contribution in [2.75, 3.05) is 47.1 Å². The first-order valence-electron chi connectivity index (χ1n) is 10.1. The third-order valence-corrected chi connectivity index (χ3v) is 6.09. The molecule has 0 saturated carbocycles. The number of halogens is 1. The first-order chi connectivity index (χ1) is 14.8. The molecule has 0 amide bonds. The number of aromatic nitrogens is 1. The second-order valence-corrected chi connectivity index (χ2v) is 7.88. The van der Waals surface area contributed by atoms with Gasteiger partial charge in [0, 0.05) is 31.6 Å². The zero-order valence-corrected chi connectivity index (χ0v) is 20.2. The molecule has 0 atom stereocenters. The van der Waals surface area contributed by atoms with Gasteiger partial charge < -0.3 is 35.8 Å². The van der Waals surface area contributed by atoms with E-state index in [1.54, 1.807) is 25.6 Å². The van der Waals surface area contributed by atoms with Gasteiger partial charge in [-0.15, -0.1) is 11.3 Å². The highest BCUT2D eigenvalue weighted by Crippen LogP contribution is 2.24. The van der Waals surface area contributed by atoms with E-state index >= 15 is 0 Å². The fourth-order valence-electron chi connectivity index (χ4n) is 3.46. The fraction of sp³-hybridized carbons (Fsp3) is 0.348. The number of rotatable bonds is 7. The maximum absolute atomic E-state index is 5.49. The van der Waals surface area contributed by atoms with Crippen LogP contribution in [0.1, 0.15) is 0 Å². The van der Waals surface area contributed by atoms with Gasteiger partial charge in [0.2, 0.25) is 0 Å². The van der Waals surface area contributed by atoms with Crippen LogP contribution in [0.4, 0.5) is 5.69 Å². The minimum absolute atomic E-state index is 0. The standard InChI is InChI=1S/C23H27N3O3S.BrH/c1-27-20-7-3-18(4-8-20)22-17-30-23(24-19-5-9-21(28-2)10-6-19)26(22)12-11-25-13-15-29-16-14-25;/h3-10,17H,11-16H2,1-2H3;1H/p-1. The second-order valence-electron chi connectivity index (χ2n) is 7.05. The molecule has 4 rings (SSSR count). The number of hydrogen-bond donors (Lipinski definition) is 0. The first kappa shape index (κ1) is 23.5. The van der Waals surface area contributed by atoms with E-state index in [4.69, 9.17) is 19.2 Å². The van der Waals surface area contributed by atoms with Crippen molar-refractivity contribution in [2.45, 2.75) is 6.54 Å². The number of morpholine rings is 1. The Morgan fingerprint density at radius 3 is 2.13 bits per heavy atom. The smallest absolute Gasteiger partial charge is 0.190 e. The predicted octanol–water partition coefficient (Wildman–Crippen LogP) is 0.802. The van der Waals surface area contributed by atoms with Gasteiger partial charge in [-0.05, 0) is 54.1 Å². The summed E-state index contributed by atoms with van der Waals surface area (Å²) in [7, 11) is 3.36. The van der Waals surface area contributed by atoms with Crippen molar-refractivity contribution in [1.29, 1.82) is 0 Å². The van der Waals surface area contributed by atoms with Gasteiger partial charge in [-0.3, -0.25) is 4.90 Å². The van der Waals surface area contributed by atoms with Gasteiger partial charge in [-0.1, -0.05) is 0 Å². The minimum Gasteiger partial charge on any atom is -1.00 e. The van der Waals surface area contributed by atoms with Crippen molar-refractivity contribution in [2.24, 2.45) is 4.99 Å². The summed E-state index contributed by atoms with van der Waals surface area (Å²) in [6.45, 7) is 5.42. The van der Waals surface area contributed by atoms with E-state index in [1.807, 2.05) is 36.4 Å². The van der Waals surface area contributed by atoms with Gasteiger partial charge in [-0.25, -0.2) is 4.99 Å². The quantitative estimate of drug-likeness (QED) is 0.477. The topological polar surface area (TPSA) is 48.2 Å². The maximum atomic E-state index is 5.49. The van der Waals surface area contributed by atoms with E-state index in [2.05, 4.69) is 27.0 Å². The lowest BCUT2D eigenvalue weighted by molar-refractivity contribution is -0.00000826. The third kappa shape index (κ3) is 5.98. The lowest BCUT2D eigenvalue weighted by Crippen LogP contribution is -3.00. The van der Waals surface area contributed by atoms with Crippen LogP contribution in [0.2, 0.25) is 0 Å². The zero-order chi connectivity index (χ0) is 20.8. The van der Waals surface area contributed by atoms with Crippen LogP contribution >= 0.6 is 11.3 Å². The maximum Gasteiger partial charge on any atom is 0.190 e. The average molecular weight is 505 g/mol. The molecule has 6 nitrogen and oxygen atoms in total. The van der Waals surface area contributed by atoms with E-state index in [0.717, 1.165) is 66.9 Å². The Labute approximate surface area is 197 Å². The second kappa shape index (κ2) is 11.5. The molecule has 0 spiro atoms. The summed E-state index contributed by atoms with van der Waals surface area (Å²) in [6.07, 6.45) is 0. The summed E-state index contributed by atoms with van der Waals surface area (Å²) in [4.78, 5) is 8.35. The van der Waals surface area contributed by atoms with Crippen LogP contribution in [0, 0.1) is 0 Å². The highest BCUT2D eigenvalue weighted by molar-refractivity contribution is 7.07.